The van der Waals surface area contributed by atoms with E-state index in [2.05, 4.69) is 5.32 Å². The fourth-order valence-corrected chi connectivity index (χ4v) is 3.84. The van der Waals surface area contributed by atoms with Crippen molar-refractivity contribution in [2.75, 3.05) is 13.2 Å². The third kappa shape index (κ3) is 3.95. The highest BCUT2D eigenvalue weighted by atomic mass is 35.5. The summed E-state index contributed by atoms with van der Waals surface area (Å²) >= 11 is 6.29. The summed E-state index contributed by atoms with van der Waals surface area (Å²) in [7, 11) is 0. The Bertz CT molecular complexity index is 795. The highest BCUT2D eigenvalue weighted by Gasteiger charge is 2.23. The Morgan fingerprint density at radius 1 is 1.35 bits per heavy atom. The minimum atomic E-state index is -0.891. The lowest BCUT2D eigenvalue weighted by molar-refractivity contribution is 0.0694. The fourth-order valence-electron chi connectivity index (χ4n) is 3.65. The van der Waals surface area contributed by atoms with Crippen molar-refractivity contribution in [1.29, 1.82) is 0 Å². The fraction of sp³-hybridized carbons (Fsp3) is 0.450. The molecular weight excluding hydrogens is 352 g/mol. The number of ether oxygens (including phenoxy) is 1. The second-order valence-electron chi connectivity index (χ2n) is 6.77. The normalized spacial score (nSPS) is 17.0. The number of halogens is 1. The molecule has 0 spiro atoms. The van der Waals surface area contributed by atoms with Crippen LogP contribution in [0.25, 0.3) is 0 Å². The molecule has 1 aromatic heterocycles. The summed E-state index contributed by atoms with van der Waals surface area (Å²) < 4.78 is 7.66. The number of rotatable bonds is 7. The summed E-state index contributed by atoms with van der Waals surface area (Å²) in [5, 5.41) is 13.8. The number of nitrogens with one attached hydrogen (secondary N) is 1. The molecule has 0 unspecified atom stereocenters. The topological polar surface area (TPSA) is 63.5 Å². The standard InChI is InChI=1S/C20H25ClN2O3/c1-13-17(11-22-10-16-7-5-9-26-16)19(20(24)25)14(2)23(13)12-15-6-3-4-8-18(15)21/h3-4,6,8,16,22H,5,7,9-12H2,1-2H3,(H,24,25)/t16-/m0/s1. The van der Waals surface area contributed by atoms with Gasteiger partial charge in [0, 0.05) is 48.2 Å². The Hall–Kier alpha value is -1.82. The molecule has 2 N–H and O–H groups in total. The van der Waals surface area contributed by atoms with Crippen LogP contribution in [0.1, 0.15) is 45.7 Å². The van der Waals surface area contributed by atoms with Crippen LogP contribution < -0.4 is 5.32 Å². The summed E-state index contributed by atoms with van der Waals surface area (Å²) in [5.41, 5.74) is 3.91. The molecule has 0 amide bonds. The van der Waals surface area contributed by atoms with Crippen molar-refractivity contribution in [3.63, 3.8) is 0 Å². The molecule has 1 atom stereocenters. The quantitative estimate of drug-likeness (QED) is 0.772. The van der Waals surface area contributed by atoms with Crippen molar-refractivity contribution < 1.29 is 14.6 Å². The zero-order chi connectivity index (χ0) is 18.7. The molecule has 1 aliphatic rings. The summed E-state index contributed by atoms with van der Waals surface area (Å²) in [4.78, 5) is 11.9. The van der Waals surface area contributed by atoms with E-state index in [1.807, 2.05) is 42.7 Å². The van der Waals surface area contributed by atoms with Gasteiger partial charge in [0.1, 0.15) is 0 Å². The van der Waals surface area contributed by atoms with Gasteiger partial charge in [0.15, 0.2) is 0 Å². The van der Waals surface area contributed by atoms with Crippen molar-refractivity contribution in [2.24, 2.45) is 0 Å². The zero-order valence-corrected chi connectivity index (χ0v) is 16.0. The van der Waals surface area contributed by atoms with Crippen LogP contribution in [0, 0.1) is 13.8 Å². The summed E-state index contributed by atoms with van der Waals surface area (Å²) in [6.07, 6.45) is 2.39. The number of aromatic carboxylic acids is 1. The maximum Gasteiger partial charge on any atom is 0.337 e. The Morgan fingerprint density at radius 3 is 2.77 bits per heavy atom. The SMILES string of the molecule is Cc1c(CNC[C@@H]2CCCO2)c(C(=O)O)c(C)n1Cc1ccccc1Cl. The second-order valence-corrected chi connectivity index (χ2v) is 7.18. The molecule has 0 radical (unpaired) electrons. The lowest BCUT2D eigenvalue weighted by atomic mass is 10.1. The Labute approximate surface area is 158 Å². The molecule has 2 heterocycles. The minimum absolute atomic E-state index is 0.231. The van der Waals surface area contributed by atoms with Gasteiger partial charge in [-0.3, -0.25) is 0 Å². The molecule has 26 heavy (non-hydrogen) atoms. The number of benzene rings is 1. The largest absolute Gasteiger partial charge is 0.478 e. The second kappa shape index (κ2) is 8.25. The lowest BCUT2D eigenvalue weighted by Gasteiger charge is -2.12. The first-order chi connectivity index (χ1) is 12.5. The first-order valence-corrected chi connectivity index (χ1v) is 9.34. The van der Waals surface area contributed by atoms with Crippen molar-refractivity contribution >= 4 is 17.6 Å². The molecule has 0 aliphatic carbocycles. The monoisotopic (exact) mass is 376 g/mol. The van der Waals surface area contributed by atoms with Gasteiger partial charge in [0.2, 0.25) is 0 Å². The average molecular weight is 377 g/mol. The van der Waals surface area contributed by atoms with Crippen LogP contribution in [0.3, 0.4) is 0 Å². The molecule has 1 aromatic carbocycles. The van der Waals surface area contributed by atoms with E-state index >= 15 is 0 Å². The van der Waals surface area contributed by atoms with E-state index in [0.29, 0.717) is 23.7 Å². The molecule has 0 bridgehead atoms. The third-order valence-corrected chi connectivity index (χ3v) is 5.48. The van der Waals surface area contributed by atoms with E-state index in [1.165, 1.54) is 0 Å². The smallest absolute Gasteiger partial charge is 0.337 e. The summed E-state index contributed by atoms with van der Waals surface area (Å²) in [6.45, 7) is 6.47. The van der Waals surface area contributed by atoms with Gasteiger partial charge in [-0.2, -0.15) is 0 Å². The maximum absolute atomic E-state index is 11.9. The van der Waals surface area contributed by atoms with E-state index in [0.717, 1.165) is 48.5 Å². The van der Waals surface area contributed by atoms with Crippen LogP contribution >= 0.6 is 11.6 Å². The minimum Gasteiger partial charge on any atom is -0.478 e. The highest BCUT2D eigenvalue weighted by Crippen LogP contribution is 2.26. The van der Waals surface area contributed by atoms with Gasteiger partial charge < -0.3 is 19.7 Å². The number of aromatic nitrogens is 1. The molecule has 6 heteroatoms. The molecule has 5 nitrogen and oxygen atoms in total. The number of hydrogen-bond acceptors (Lipinski definition) is 3. The first-order valence-electron chi connectivity index (χ1n) is 8.96. The number of nitrogens with zero attached hydrogens (tertiary/aromatic N) is 1. The number of carbonyl (C=O) groups is 1. The van der Waals surface area contributed by atoms with E-state index in [9.17, 15) is 9.90 Å². The molecular formula is C20H25ClN2O3. The van der Waals surface area contributed by atoms with Crippen LogP contribution in [0.5, 0.6) is 0 Å². The van der Waals surface area contributed by atoms with Crippen LogP contribution in [0.2, 0.25) is 5.02 Å². The van der Waals surface area contributed by atoms with Crippen LogP contribution in [0.4, 0.5) is 0 Å². The number of hydrogen-bond donors (Lipinski definition) is 2. The predicted octanol–water partition coefficient (Wildman–Crippen LogP) is 3.77. The average Bonchev–Trinajstić information content (AvgIpc) is 3.19. The Morgan fingerprint density at radius 2 is 2.12 bits per heavy atom. The van der Waals surface area contributed by atoms with Crippen LogP contribution in [-0.4, -0.2) is 34.9 Å². The van der Waals surface area contributed by atoms with Crippen molar-refractivity contribution in [1.82, 2.24) is 9.88 Å². The van der Waals surface area contributed by atoms with Gasteiger partial charge in [0.05, 0.1) is 11.7 Å². The summed E-state index contributed by atoms with van der Waals surface area (Å²) in [5.74, 6) is -0.891. The van der Waals surface area contributed by atoms with Gasteiger partial charge >= 0.3 is 5.97 Å². The van der Waals surface area contributed by atoms with Gasteiger partial charge in [-0.15, -0.1) is 0 Å². The van der Waals surface area contributed by atoms with Crippen molar-refractivity contribution in [2.45, 2.75) is 45.9 Å². The van der Waals surface area contributed by atoms with Gasteiger partial charge in [-0.1, -0.05) is 29.8 Å². The van der Waals surface area contributed by atoms with Gasteiger partial charge in [0.25, 0.3) is 0 Å². The molecule has 2 aromatic rings. The van der Waals surface area contributed by atoms with E-state index < -0.39 is 5.97 Å². The molecule has 3 rings (SSSR count). The molecule has 1 fully saturated rings. The van der Waals surface area contributed by atoms with Gasteiger partial charge in [-0.05, 0) is 38.3 Å². The molecule has 1 aliphatic heterocycles. The van der Waals surface area contributed by atoms with Crippen LogP contribution in [-0.2, 0) is 17.8 Å². The molecule has 1 saturated heterocycles. The molecule has 0 saturated carbocycles. The first kappa shape index (κ1) is 19.0. The van der Waals surface area contributed by atoms with Crippen molar-refractivity contribution in [3.05, 3.63) is 57.4 Å². The van der Waals surface area contributed by atoms with E-state index in [-0.39, 0.29) is 6.10 Å². The lowest BCUT2D eigenvalue weighted by Crippen LogP contribution is -2.26. The third-order valence-electron chi connectivity index (χ3n) is 5.11. The summed E-state index contributed by atoms with van der Waals surface area (Å²) in [6, 6.07) is 7.66. The zero-order valence-electron chi connectivity index (χ0n) is 15.2. The van der Waals surface area contributed by atoms with Crippen LogP contribution in [0.15, 0.2) is 24.3 Å². The Balaban J connectivity index is 1.83. The predicted molar refractivity (Wildman–Crippen MR) is 102 cm³/mol. The number of carboxylic acids is 1. The van der Waals surface area contributed by atoms with Crippen molar-refractivity contribution in [3.8, 4) is 0 Å². The van der Waals surface area contributed by atoms with E-state index in [1.54, 1.807) is 0 Å². The molecule has 140 valence electrons. The van der Waals surface area contributed by atoms with Gasteiger partial charge in [-0.25, -0.2) is 4.79 Å². The maximum atomic E-state index is 11.9. The highest BCUT2D eigenvalue weighted by molar-refractivity contribution is 6.31. The van der Waals surface area contributed by atoms with E-state index in [4.69, 9.17) is 16.3 Å². The number of carboxylic acid groups (broad SMARTS) is 1. The Kier molecular flexibility index (Phi) is 6.01.